The van der Waals surface area contributed by atoms with Gasteiger partial charge in [0.1, 0.15) is 10.4 Å². The zero-order chi connectivity index (χ0) is 28.7. The Balaban J connectivity index is 0.000000213. The maximum atomic E-state index is 7.61. The summed E-state index contributed by atoms with van der Waals surface area (Å²) in [5.41, 5.74) is 6.32. The summed E-state index contributed by atoms with van der Waals surface area (Å²) in [6, 6.07) is 30.4. The van der Waals surface area contributed by atoms with Crippen molar-refractivity contribution in [1.82, 2.24) is 15.0 Å². The van der Waals surface area contributed by atoms with E-state index >= 15 is 0 Å². The Morgan fingerprint density at radius 3 is 2.58 bits per heavy atom. The third-order valence-corrected chi connectivity index (χ3v) is 8.31. The Bertz CT molecular complexity index is 2000. The first-order valence-corrected chi connectivity index (χ1v) is 13.9. The number of aromatic nitrogens is 3. The van der Waals surface area contributed by atoms with Crippen molar-refractivity contribution >= 4 is 43.6 Å². The molecule has 0 atom stereocenters. The van der Waals surface area contributed by atoms with Crippen LogP contribution in [-0.2, 0) is 32.9 Å². The van der Waals surface area contributed by atoms with Gasteiger partial charge in [0.05, 0.1) is 5.69 Å². The Hall–Kier alpha value is -3.70. The first-order valence-electron chi connectivity index (χ1n) is 14.6. The second kappa shape index (κ2) is 11.4. The quantitative estimate of drug-likeness (QED) is 0.168. The van der Waals surface area contributed by atoms with Gasteiger partial charge in [0.2, 0.25) is 5.71 Å². The van der Waals surface area contributed by atoms with Crippen molar-refractivity contribution in [3.05, 3.63) is 113 Å². The standard InChI is InChI=1S/C23H18N2OS.C11H8N.Ir/c1-13-9-10-16-15-6-4-7-18(21(15)26-22(16)24-13)19-12-11-17-14-5-2-3-8-20(14)27-23(17)25-19;1-2-6-10(7-3-1)11-8-4-5-9-12-11;/h4,6-7,9-12H,2-3,5,8H2,1H3;1-6,8-9H;/q;-1;/i1D3;;. The van der Waals surface area contributed by atoms with E-state index in [9.17, 15) is 0 Å². The third kappa shape index (κ3) is 4.99. The monoisotopic (exact) mass is 720 g/mol. The van der Waals surface area contributed by atoms with Crippen molar-refractivity contribution in [1.29, 1.82) is 0 Å². The predicted molar refractivity (Wildman–Crippen MR) is 160 cm³/mol. The van der Waals surface area contributed by atoms with E-state index < -0.39 is 6.85 Å². The molecule has 1 aliphatic rings. The Morgan fingerprint density at radius 2 is 1.73 bits per heavy atom. The summed E-state index contributed by atoms with van der Waals surface area (Å²) in [6.45, 7) is -2.26. The van der Waals surface area contributed by atoms with Crippen LogP contribution in [0.3, 0.4) is 0 Å². The zero-order valence-corrected chi connectivity index (χ0v) is 24.7. The van der Waals surface area contributed by atoms with Crippen molar-refractivity contribution in [3.8, 4) is 22.5 Å². The second-order valence-corrected chi connectivity index (χ2v) is 10.7. The molecule has 40 heavy (non-hydrogen) atoms. The molecule has 5 aromatic heterocycles. The number of hydrogen-bond donors (Lipinski definition) is 0. The van der Waals surface area contributed by atoms with Crippen LogP contribution in [0.15, 0.2) is 95.5 Å². The summed E-state index contributed by atoms with van der Waals surface area (Å²) in [5.74, 6) is 0. The molecule has 2 aromatic carbocycles. The fourth-order valence-corrected chi connectivity index (χ4v) is 6.51. The Kier molecular flexibility index (Phi) is 6.58. The smallest absolute Gasteiger partial charge is 0.227 e. The molecule has 0 N–H and O–H groups in total. The average Bonchev–Trinajstić information content (AvgIpc) is 3.59. The molecule has 1 radical (unpaired) electrons. The van der Waals surface area contributed by atoms with Crippen molar-refractivity contribution in [2.24, 2.45) is 0 Å². The van der Waals surface area contributed by atoms with Crippen LogP contribution in [0.25, 0.3) is 54.8 Å². The second-order valence-electron chi connectivity index (χ2n) is 9.58. The van der Waals surface area contributed by atoms with Gasteiger partial charge in [-0.1, -0.05) is 24.3 Å². The molecule has 0 spiro atoms. The minimum Gasteiger partial charge on any atom is -0.437 e. The van der Waals surface area contributed by atoms with E-state index in [1.807, 2.05) is 72.0 Å². The topological polar surface area (TPSA) is 51.8 Å². The molecule has 8 rings (SSSR count). The maximum absolute atomic E-state index is 7.61. The number of fused-ring (bicyclic) bond motifs is 6. The molecule has 0 amide bonds. The van der Waals surface area contributed by atoms with Crippen LogP contribution in [0.2, 0.25) is 0 Å². The molecule has 199 valence electrons. The molecular formula is C34H26IrN3OS-. The van der Waals surface area contributed by atoms with Crippen molar-refractivity contribution in [2.45, 2.75) is 32.5 Å². The number of nitrogens with zero attached hydrogens (tertiary/aromatic N) is 3. The summed E-state index contributed by atoms with van der Waals surface area (Å²) < 4.78 is 28.9. The van der Waals surface area contributed by atoms with Gasteiger partial charge in [0, 0.05) is 62.7 Å². The summed E-state index contributed by atoms with van der Waals surface area (Å²) in [6.07, 6.45) is 6.60. The van der Waals surface area contributed by atoms with Gasteiger partial charge in [0.25, 0.3) is 0 Å². The van der Waals surface area contributed by atoms with Gasteiger partial charge in [-0.3, -0.25) is 0 Å². The van der Waals surface area contributed by atoms with Gasteiger partial charge >= 0.3 is 0 Å². The van der Waals surface area contributed by atoms with Crippen LogP contribution in [-0.4, -0.2) is 15.0 Å². The van der Waals surface area contributed by atoms with Crippen LogP contribution >= 0.6 is 11.3 Å². The Labute approximate surface area is 254 Å². The van der Waals surface area contributed by atoms with E-state index in [-0.39, 0.29) is 25.8 Å². The van der Waals surface area contributed by atoms with Gasteiger partial charge in [-0.05, 0) is 80.2 Å². The van der Waals surface area contributed by atoms with Crippen molar-refractivity contribution < 1.29 is 28.6 Å². The fraction of sp³-hybridized carbons (Fsp3) is 0.147. The van der Waals surface area contributed by atoms with E-state index in [1.165, 1.54) is 28.7 Å². The molecule has 0 fully saturated rings. The molecule has 0 saturated carbocycles. The fourth-order valence-electron chi connectivity index (χ4n) is 5.25. The van der Waals surface area contributed by atoms with Gasteiger partial charge in [0.15, 0.2) is 0 Å². The first-order chi connectivity index (χ1) is 20.5. The summed E-state index contributed by atoms with van der Waals surface area (Å²) in [5, 5.41) is 3.01. The van der Waals surface area contributed by atoms with Crippen LogP contribution in [0.5, 0.6) is 0 Å². The molecule has 1 aliphatic carbocycles. The van der Waals surface area contributed by atoms with E-state index in [4.69, 9.17) is 13.5 Å². The third-order valence-electron chi connectivity index (χ3n) is 7.11. The number of para-hydroxylation sites is 1. The first kappa shape index (κ1) is 23.0. The van der Waals surface area contributed by atoms with Gasteiger partial charge in [-0.25, -0.2) is 9.97 Å². The van der Waals surface area contributed by atoms with E-state index in [2.05, 4.69) is 28.2 Å². The van der Waals surface area contributed by atoms with E-state index in [1.54, 1.807) is 18.3 Å². The zero-order valence-electron chi connectivity index (χ0n) is 24.5. The number of pyridine rings is 3. The van der Waals surface area contributed by atoms with E-state index in [0.29, 0.717) is 11.3 Å². The van der Waals surface area contributed by atoms with E-state index in [0.717, 1.165) is 51.0 Å². The SMILES string of the molecule is [2H]C([2H])([2H])c1ccc2c(n1)oc1c(-c3ccc4c5c(sc4n3)CCCC5)cccc12.[Ir].[c-]1ccccc1-c1ccccn1. The minimum absolute atomic E-state index is 0. The molecule has 0 aliphatic heterocycles. The molecule has 0 unspecified atom stereocenters. The average molecular weight is 720 g/mol. The number of hydrogen-bond acceptors (Lipinski definition) is 5. The largest absolute Gasteiger partial charge is 0.437 e. The number of thiophene rings is 1. The Morgan fingerprint density at radius 1 is 0.825 bits per heavy atom. The molecule has 5 heterocycles. The molecule has 7 aromatic rings. The minimum atomic E-state index is -2.26. The maximum Gasteiger partial charge on any atom is 0.227 e. The molecule has 6 heteroatoms. The van der Waals surface area contributed by atoms with Gasteiger partial charge < -0.3 is 9.40 Å². The van der Waals surface area contributed by atoms with Crippen LogP contribution in [0.1, 0.15) is 33.1 Å². The normalized spacial score (nSPS) is 13.9. The van der Waals surface area contributed by atoms with Crippen LogP contribution in [0, 0.1) is 12.9 Å². The number of furan rings is 1. The van der Waals surface area contributed by atoms with Gasteiger partial charge in [-0.15, -0.1) is 47.2 Å². The van der Waals surface area contributed by atoms with Crippen LogP contribution in [0.4, 0.5) is 0 Å². The molecular weight excluding hydrogens is 691 g/mol. The van der Waals surface area contributed by atoms with Gasteiger partial charge in [-0.2, -0.15) is 0 Å². The number of rotatable bonds is 2. The number of aryl methyl sites for hydroxylation is 3. The molecule has 4 nitrogen and oxygen atoms in total. The van der Waals surface area contributed by atoms with Crippen LogP contribution < -0.4 is 0 Å². The molecule has 0 bridgehead atoms. The van der Waals surface area contributed by atoms with Crippen molar-refractivity contribution in [2.75, 3.05) is 0 Å². The molecule has 0 saturated heterocycles. The predicted octanol–water partition coefficient (Wildman–Crippen LogP) is 8.99. The summed E-state index contributed by atoms with van der Waals surface area (Å²) >= 11 is 1.81. The summed E-state index contributed by atoms with van der Waals surface area (Å²) in [4.78, 5) is 16.0. The van der Waals surface area contributed by atoms with Crippen molar-refractivity contribution in [3.63, 3.8) is 0 Å². The number of benzene rings is 2. The summed E-state index contributed by atoms with van der Waals surface area (Å²) in [7, 11) is 0.